The number of ether oxygens (including phenoxy) is 3. The highest BCUT2D eigenvalue weighted by Crippen LogP contribution is 2.47. The summed E-state index contributed by atoms with van der Waals surface area (Å²) in [6.45, 7) is 0.121. The number of carbonyl (C=O) groups is 2. The van der Waals surface area contributed by atoms with Crippen LogP contribution in [0.1, 0.15) is 12.0 Å². The molecule has 0 saturated carbocycles. The lowest BCUT2D eigenvalue weighted by Gasteiger charge is -2.41. The number of rotatable bonds is 4. The first kappa shape index (κ1) is 18.7. The molecule has 2 aliphatic carbocycles. The van der Waals surface area contributed by atoms with Crippen LogP contribution in [0.2, 0.25) is 0 Å². The Morgan fingerprint density at radius 2 is 2.07 bits per heavy atom. The zero-order chi connectivity index (χ0) is 19.7. The van der Waals surface area contributed by atoms with Crippen LogP contribution in [-0.2, 0) is 30.4 Å². The van der Waals surface area contributed by atoms with E-state index in [0.717, 1.165) is 11.1 Å². The summed E-state index contributed by atoms with van der Waals surface area (Å²) < 4.78 is 16.1. The van der Waals surface area contributed by atoms with Gasteiger partial charge in [0.2, 0.25) is 0 Å². The number of carbonyl (C=O) groups excluding carboxylic acids is 2. The fourth-order valence-corrected chi connectivity index (χ4v) is 3.88. The molecule has 3 aliphatic rings. The van der Waals surface area contributed by atoms with E-state index in [-0.39, 0.29) is 12.5 Å². The Bertz CT molecular complexity index is 895. The molecule has 4 rings (SSSR count). The highest BCUT2D eigenvalue weighted by atomic mass is 35.5. The van der Waals surface area contributed by atoms with Gasteiger partial charge < -0.3 is 14.2 Å². The molecule has 1 heterocycles. The summed E-state index contributed by atoms with van der Waals surface area (Å²) in [6.07, 6.45) is 4.76. The molecule has 0 unspecified atom stereocenters. The van der Waals surface area contributed by atoms with Gasteiger partial charge in [-0.3, -0.25) is 0 Å². The Hall–Kier alpha value is -2.61. The van der Waals surface area contributed by atoms with Gasteiger partial charge in [-0.1, -0.05) is 48.0 Å². The fourth-order valence-electron chi connectivity index (χ4n) is 3.67. The van der Waals surface area contributed by atoms with Gasteiger partial charge >= 0.3 is 11.9 Å². The SMILES string of the molecule is COC(=O)[C@@]12NN[C@@H](C(=O)OCc3ccccc3)OC1=CC1=CC(Cl)=CC[C@@H]12. The van der Waals surface area contributed by atoms with E-state index in [9.17, 15) is 9.59 Å². The summed E-state index contributed by atoms with van der Waals surface area (Å²) in [5, 5.41) is 0.591. The predicted octanol–water partition coefficient (Wildman–Crippen LogP) is 2.06. The van der Waals surface area contributed by atoms with Crippen molar-refractivity contribution in [3.05, 3.63) is 70.5 Å². The third kappa shape index (κ3) is 3.11. The first-order valence-electron chi connectivity index (χ1n) is 8.82. The third-order valence-electron chi connectivity index (χ3n) is 5.06. The molecule has 0 spiro atoms. The average Bonchev–Trinajstić information content (AvgIpc) is 3.05. The molecule has 7 nitrogen and oxygen atoms in total. The number of esters is 2. The topological polar surface area (TPSA) is 85.9 Å². The molecule has 0 aromatic heterocycles. The summed E-state index contributed by atoms with van der Waals surface area (Å²) in [4.78, 5) is 25.1. The van der Waals surface area contributed by atoms with E-state index in [1.165, 1.54) is 7.11 Å². The van der Waals surface area contributed by atoms with E-state index < -0.39 is 23.7 Å². The zero-order valence-corrected chi connectivity index (χ0v) is 15.9. The van der Waals surface area contributed by atoms with Crippen molar-refractivity contribution in [3.63, 3.8) is 0 Å². The quantitative estimate of drug-likeness (QED) is 0.745. The van der Waals surface area contributed by atoms with Gasteiger partial charge in [0.15, 0.2) is 5.54 Å². The van der Waals surface area contributed by atoms with E-state index >= 15 is 0 Å². The maximum absolute atomic E-state index is 12.7. The van der Waals surface area contributed by atoms with E-state index in [2.05, 4.69) is 10.9 Å². The van der Waals surface area contributed by atoms with Crippen molar-refractivity contribution in [1.82, 2.24) is 10.9 Å². The van der Waals surface area contributed by atoms with Crippen molar-refractivity contribution < 1.29 is 23.8 Å². The van der Waals surface area contributed by atoms with Crippen LogP contribution in [0.3, 0.4) is 0 Å². The monoisotopic (exact) mass is 402 g/mol. The zero-order valence-electron chi connectivity index (χ0n) is 15.1. The Morgan fingerprint density at radius 1 is 1.29 bits per heavy atom. The number of hydrogen-bond donors (Lipinski definition) is 2. The minimum absolute atomic E-state index is 0.121. The number of fused-ring (bicyclic) bond motifs is 3. The van der Waals surface area contributed by atoms with Crippen LogP contribution in [0.4, 0.5) is 0 Å². The van der Waals surface area contributed by atoms with Crippen LogP contribution in [-0.4, -0.2) is 30.8 Å². The molecule has 1 aromatic rings. The van der Waals surface area contributed by atoms with Crippen LogP contribution in [0.15, 0.2) is 64.9 Å². The summed E-state index contributed by atoms with van der Waals surface area (Å²) in [5.74, 6) is -1.07. The van der Waals surface area contributed by atoms with Gasteiger partial charge in [0.1, 0.15) is 12.4 Å². The highest BCUT2D eigenvalue weighted by molar-refractivity contribution is 6.31. The summed E-state index contributed by atoms with van der Waals surface area (Å²) >= 11 is 6.11. The van der Waals surface area contributed by atoms with E-state index in [0.29, 0.717) is 17.2 Å². The number of methoxy groups -OCH3 is 1. The second-order valence-corrected chi connectivity index (χ2v) is 7.13. The van der Waals surface area contributed by atoms with Crippen LogP contribution in [0, 0.1) is 5.92 Å². The molecule has 8 heteroatoms. The second kappa shape index (κ2) is 7.43. The summed E-state index contributed by atoms with van der Waals surface area (Å²) in [5.41, 5.74) is 6.15. The Balaban J connectivity index is 1.52. The Morgan fingerprint density at radius 3 is 2.82 bits per heavy atom. The third-order valence-corrected chi connectivity index (χ3v) is 5.32. The highest BCUT2D eigenvalue weighted by Gasteiger charge is 2.59. The van der Waals surface area contributed by atoms with Gasteiger partial charge in [-0.25, -0.2) is 20.4 Å². The van der Waals surface area contributed by atoms with Crippen molar-refractivity contribution in [2.24, 2.45) is 5.92 Å². The van der Waals surface area contributed by atoms with Gasteiger partial charge in [0.05, 0.1) is 7.11 Å². The fraction of sp³-hybridized carbons (Fsp3) is 0.300. The first-order valence-corrected chi connectivity index (χ1v) is 9.20. The van der Waals surface area contributed by atoms with Crippen LogP contribution < -0.4 is 10.9 Å². The lowest BCUT2D eigenvalue weighted by atomic mass is 9.79. The number of hydrazine groups is 1. The molecule has 0 radical (unpaired) electrons. The molecule has 146 valence electrons. The molecule has 0 amide bonds. The lowest BCUT2D eigenvalue weighted by molar-refractivity contribution is -0.171. The average molecular weight is 403 g/mol. The van der Waals surface area contributed by atoms with Crippen molar-refractivity contribution >= 4 is 23.5 Å². The second-order valence-electron chi connectivity index (χ2n) is 6.69. The minimum Gasteiger partial charge on any atom is -0.467 e. The molecular formula is C20H19ClN2O5. The molecule has 1 aromatic carbocycles. The van der Waals surface area contributed by atoms with E-state index in [4.69, 9.17) is 25.8 Å². The summed E-state index contributed by atoms with van der Waals surface area (Å²) in [6, 6.07) is 9.33. The van der Waals surface area contributed by atoms with E-state index in [1.807, 2.05) is 36.4 Å². The van der Waals surface area contributed by atoms with E-state index in [1.54, 1.807) is 12.2 Å². The van der Waals surface area contributed by atoms with Crippen LogP contribution >= 0.6 is 11.6 Å². The Labute approximate surface area is 166 Å². The standard InChI is InChI=1S/C20H19ClN2O5/c1-26-19(25)20-15-8-7-14(21)9-13(15)10-16(20)28-17(22-23-20)18(24)27-11-12-5-3-2-4-6-12/h2-7,9-10,15,17,22-23H,8,11H2,1H3/t15-,17+,20-/m0/s1. The van der Waals surface area contributed by atoms with Gasteiger partial charge in [0, 0.05) is 11.0 Å². The van der Waals surface area contributed by atoms with Gasteiger partial charge in [0.25, 0.3) is 6.23 Å². The normalized spacial score (nSPS) is 28.0. The molecular weight excluding hydrogens is 384 g/mol. The lowest BCUT2D eigenvalue weighted by Crippen LogP contribution is -2.69. The molecule has 3 atom stereocenters. The number of nitrogens with one attached hydrogen (secondary N) is 2. The van der Waals surface area contributed by atoms with Crippen molar-refractivity contribution in [1.29, 1.82) is 0 Å². The van der Waals surface area contributed by atoms with Gasteiger partial charge in [-0.2, -0.15) is 0 Å². The maximum Gasteiger partial charge on any atom is 0.364 e. The maximum atomic E-state index is 12.7. The van der Waals surface area contributed by atoms with Crippen molar-refractivity contribution in [2.75, 3.05) is 7.11 Å². The molecule has 28 heavy (non-hydrogen) atoms. The number of halogens is 1. The van der Waals surface area contributed by atoms with Crippen LogP contribution in [0.5, 0.6) is 0 Å². The van der Waals surface area contributed by atoms with Crippen molar-refractivity contribution in [2.45, 2.75) is 24.8 Å². The molecule has 2 N–H and O–H groups in total. The molecule has 1 aliphatic heterocycles. The predicted molar refractivity (Wildman–Crippen MR) is 100 cm³/mol. The van der Waals surface area contributed by atoms with Crippen molar-refractivity contribution in [3.8, 4) is 0 Å². The smallest absolute Gasteiger partial charge is 0.364 e. The summed E-state index contributed by atoms with van der Waals surface area (Å²) in [7, 11) is 1.31. The van der Waals surface area contributed by atoms with Crippen LogP contribution in [0.25, 0.3) is 0 Å². The first-order chi connectivity index (χ1) is 13.5. The largest absolute Gasteiger partial charge is 0.467 e. The molecule has 0 bridgehead atoms. The van der Waals surface area contributed by atoms with Gasteiger partial charge in [-0.05, 0) is 29.7 Å². The molecule has 1 fully saturated rings. The van der Waals surface area contributed by atoms with Gasteiger partial charge in [-0.15, -0.1) is 0 Å². The Kier molecular flexibility index (Phi) is 4.97. The molecule has 1 saturated heterocycles. The number of benzene rings is 1. The number of allylic oxidation sites excluding steroid dienone is 4. The number of hydrogen-bond acceptors (Lipinski definition) is 7. The minimum atomic E-state index is -1.26.